The van der Waals surface area contributed by atoms with Crippen molar-refractivity contribution in [3.05, 3.63) is 65.7 Å². The van der Waals surface area contributed by atoms with Crippen molar-refractivity contribution in [3.8, 4) is 11.8 Å². The molecule has 0 aromatic heterocycles. The predicted molar refractivity (Wildman–Crippen MR) is 97.9 cm³/mol. The van der Waals surface area contributed by atoms with Gasteiger partial charge in [0.25, 0.3) is 0 Å². The van der Waals surface area contributed by atoms with Gasteiger partial charge in [-0.15, -0.1) is 0 Å². The Labute approximate surface area is 148 Å². The number of nitriles is 1. The fourth-order valence-corrected chi connectivity index (χ4v) is 3.21. The van der Waals surface area contributed by atoms with Crippen LogP contribution in [0.15, 0.2) is 59.6 Å². The van der Waals surface area contributed by atoms with Gasteiger partial charge in [0, 0.05) is 25.8 Å². The molecule has 5 heteroatoms. The lowest BCUT2D eigenvalue weighted by atomic mass is 9.94. The van der Waals surface area contributed by atoms with Crippen LogP contribution in [0.4, 0.5) is 0 Å². The molecule has 2 aromatic carbocycles. The van der Waals surface area contributed by atoms with E-state index in [1.165, 1.54) is 5.56 Å². The van der Waals surface area contributed by atoms with Crippen LogP contribution >= 0.6 is 0 Å². The number of benzene rings is 2. The van der Waals surface area contributed by atoms with Crippen molar-refractivity contribution in [1.82, 2.24) is 10.4 Å². The van der Waals surface area contributed by atoms with Crippen LogP contribution in [0.1, 0.15) is 24.0 Å². The Hall–Kier alpha value is -2.84. The van der Waals surface area contributed by atoms with E-state index in [0.29, 0.717) is 25.8 Å². The largest absolute Gasteiger partial charge is 0.496 e. The average Bonchev–Trinajstić information content (AvgIpc) is 3.03. The molecular formula is C20H22N4O. The lowest BCUT2D eigenvalue weighted by molar-refractivity contribution is 0.0708. The maximum absolute atomic E-state index is 9.12. The van der Waals surface area contributed by atoms with Gasteiger partial charge in [0.05, 0.1) is 19.5 Å². The van der Waals surface area contributed by atoms with E-state index < -0.39 is 5.66 Å². The number of hydrogen-bond acceptors (Lipinski definition) is 5. The van der Waals surface area contributed by atoms with Crippen LogP contribution in [-0.2, 0) is 13.0 Å². The lowest BCUT2D eigenvalue weighted by Crippen LogP contribution is -2.50. The van der Waals surface area contributed by atoms with Crippen molar-refractivity contribution < 1.29 is 4.74 Å². The molecule has 1 heterocycles. The second-order valence-electron chi connectivity index (χ2n) is 6.09. The molecule has 1 aliphatic heterocycles. The van der Waals surface area contributed by atoms with Crippen molar-refractivity contribution in [2.75, 3.05) is 7.11 Å². The molecule has 1 atom stereocenters. The van der Waals surface area contributed by atoms with Crippen molar-refractivity contribution in [2.24, 2.45) is 4.99 Å². The smallest absolute Gasteiger partial charge is 0.137 e. The van der Waals surface area contributed by atoms with Crippen LogP contribution in [0.3, 0.4) is 0 Å². The number of hydrazine groups is 1. The summed E-state index contributed by atoms with van der Waals surface area (Å²) >= 11 is 0. The summed E-state index contributed by atoms with van der Waals surface area (Å²) in [5.41, 5.74) is 5.04. The Kier molecular flexibility index (Phi) is 5.32. The molecule has 0 radical (unpaired) electrons. The van der Waals surface area contributed by atoms with Gasteiger partial charge in [-0.25, -0.2) is 0 Å². The monoisotopic (exact) mass is 334 g/mol. The first-order chi connectivity index (χ1) is 12.3. The van der Waals surface area contributed by atoms with Crippen molar-refractivity contribution in [2.45, 2.75) is 31.5 Å². The molecule has 0 saturated carbocycles. The molecule has 1 aliphatic rings. The number of aliphatic imine (C=N–C) groups is 1. The van der Waals surface area contributed by atoms with E-state index in [1.54, 1.807) is 13.4 Å². The molecule has 25 heavy (non-hydrogen) atoms. The molecule has 1 unspecified atom stereocenters. The van der Waals surface area contributed by atoms with Gasteiger partial charge < -0.3 is 10.2 Å². The molecule has 0 bridgehead atoms. The summed E-state index contributed by atoms with van der Waals surface area (Å²) in [7, 11) is 1.68. The van der Waals surface area contributed by atoms with Crippen LogP contribution < -0.4 is 10.2 Å². The van der Waals surface area contributed by atoms with Gasteiger partial charge >= 0.3 is 0 Å². The number of ether oxygens (including phenoxy) is 1. The standard InChI is InChI=1S/C20H22N4O/c1-25-19-11-6-5-10-18(19)14-20(12-7-13-21)22-16-23-24(20)15-17-8-3-2-4-9-17/h2-6,8-11,16H,7,12,14-15H2,1H3,(H,22,23). The van der Waals surface area contributed by atoms with E-state index in [1.807, 2.05) is 36.4 Å². The first-order valence-corrected chi connectivity index (χ1v) is 8.38. The molecular weight excluding hydrogens is 312 g/mol. The lowest BCUT2D eigenvalue weighted by Gasteiger charge is -2.36. The van der Waals surface area contributed by atoms with Crippen LogP contribution in [0, 0.1) is 11.3 Å². The van der Waals surface area contributed by atoms with E-state index in [-0.39, 0.29) is 0 Å². The molecule has 0 spiro atoms. The molecule has 128 valence electrons. The summed E-state index contributed by atoms with van der Waals surface area (Å²) in [4.78, 5) is 4.74. The molecule has 1 N–H and O–H groups in total. The van der Waals surface area contributed by atoms with E-state index in [0.717, 1.165) is 11.3 Å². The molecule has 0 fully saturated rings. The van der Waals surface area contributed by atoms with Gasteiger partial charge in [-0.05, 0) is 17.2 Å². The van der Waals surface area contributed by atoms with Gasteiger partial charge in [-0.1, -0.05) is 48.5 Å². The van der Waals surface area contributed by atoms with E-state index in [4.69, 9.17) is 15.0 Å². The Balaban J connectivity index is 1.89. The van der Waals surface area contributed by atoms with Crippen LogP contribution in [0.2, 0.25) is 0 Å². The van der Waals surface area contributed by atoms with E-state index >= 15 is 0 Å². The highest BCUT2D eigenvalue weighted by Gasteiger charge is 2.39. The number of methoxy groups -OCH3 is 1. The molecule has 0 aliphatic carbocycles. The Morgan fingerprint density at radius 1 is 1.16 bits per heavy atom. The summed E-state index contributed by atoms with van der Waals surface area (Å²) < 4.78 is 5.50. The van der Waals surface area contributed by atoms with Gasteiger partial charge in [0.15, 0.2) is 0 Å². The predicted octanol–water partition coefficient (Wildman–Crippen LogP) is 3.29. The molecule has 3 rings (SSSR count). The van der Waals surface area contributed by atoms with Crippen molar-refractivity contribution in [1.29, 1.82) is 5.26 Å². The van der Waals surface area contributed by atoms with Crippen molar-refractivity contribution in [3.63, 3.8) is 0 Å². The first-order valence-electron chi connectivity index (χ1n) is 8.38. The number of para-hydroxylation sites is 1. The normalized spacial score (nSPS) is 19.4. The van der Waals surface area contributed by atoms with Crippen LogP contribution in [0.5, 0.6) is 5.75 Å². The summed E-state index contributed by atoms with van der Waals surface area (Å²) in [5.74, 6) is 0.848. The van der Waals surface area contributed by atoms with Gasteiger partial charge in [0.1, 0.15) is 11.4 Å². The average molecular weight is 334 g/mol. The number of nitrogens with one attached hydrogen (secondary N) is 1. The molecule has 5 nitrogen and oxygen atoms in total. The molecule has 0 saturated heterocycles. The zero-order valence-corrected chi connectivity index (χ0v) is 14.4. The second-order valence-corrected chi connectivity index (χ2v) is 6.09. The quantitative estimate of drug-likeness (QED) is 0.844. The topological polar surface area (TPSA) is 60.6 Å². The van der Waals surface area contributed by atoms with E-state index in [2.05, 4.69) is 34.7 Å². The van der Waals surface area contributed by atoms with Crippen LogP contribution in [0.25, 0.3) is 0 Å². The third-order valence-corrected chi connectivity index (χ3v) is 4.51. The minimum atomic E-state index is -0.500. The Bertz CT molecular complexity index is 769. The summed E-state index contributed by atoms with van der Waals surface area (Å²) in [6.45, 7) is 0.710. The molecule has 0 amide bonds. The molecule has 2 aromatic rings. The highest BCUT2D eigenvalue weighted by Crippen LogP contribution is 2.33. The highest BCUT2D eigenvalue weighted by molar-refractivity contribution is 5.57. The number of rotatable bonds is 7. The Morgan fingerprint density at radius 2 is 1.92 bits per heavy atom. The maximum atomic E-state index is 9.12. The summed E-state index contributed by atoms with van der Waals surface area (Å²) in [6, 6.07) is 20.5. The highest BCUT2D eigenvalue weighted by atomic mass is 16.5. The minimum Gasteiger partial charge on any atom is -0.496 e. The van der Waals surface area contributed by atoms with Gasteiger partial charge in [-0.2, -0.15) is 10.3 Å². The minimum absolute atomic E-state index is 0.444. The third kappa shape index (κ3) is 3.81. The summed E-state index contributed by atoms with van der Waals surface area (Å²) in [6.07, 6.45) is 3.50. The van der Waals surface area contributed by atoms with Gasteiger partial charge in [-0.3, -0.25) is 4.99 Å². The zero-order chi connectivity index (χ0) is 17.5. The van der Waals surface area contributed by atoms with Crippen molar-refractivity contribution >= 4 is 6.34 Å². The maximum Gasteiger partial charge on any atom is 0.137 e. The van der Waals surface area contributed by atoms with Crippen LogP contribution in [-0.4, -0.2) is 24.1 Å². The fraction of sp³-hybridized carbons (Fsp3) is 0.300. The second kappa shape index (κ2) is 7.82. The SMILES string of the molecule is COc1ccccc1CC1(CCC#N)N=CNN1Cc1ccccc1. The summed E-state index contributed by atoms with van der Waals surface area (Å²) in [5, 5.41) is 11.2. The van der Waals surface area contributed by atoms with E-state index in [9.17, 15) is 0 Å². The zero-order valence-electron chi connectivity index (χ0n) is 14.4. The van der Waals surface area contributed by atoms with Gasteiger partial charge in [0.2, 0.25) is 0 Å². The number of nitrogens with zero attached hydrogens (tertiary/aromatic N) is 3. The third-order valence-electron chi connectivity index (χ3n) is 4.51. The Morgan fingerprint density at radius 3 is 2.68 bits per heavy atom. The first kappa shape index (κ1) is 17.0. The number of hydrogen-bond donors (Lipinski definition) is 1. The fourth-order valence-electron chi connectivity index (χ4n) is 3.21.